The number of carboxylic acid groups (broad SMARTS) is 1. The van der Waals surface area contributed by atoms with E-state index < -0.39 is 47.9 Å². The van der Waals surface area contributed by atoms with Gasteiger partial charge >= 0.3 is 5.97 Å². The maximum atomic E-state index is 13.9. The van der Waals surface area contributed by atoms with Gasteiger partial charge in [-0.15, -0.1) is 0 Å². The smallest absolute Gasteiger partial charge is 0.304 e. The fourth-order valence-electron chi connectivity index (χ4n) is 7.52. The molecular formula is C40H59N7O6. The van der Waals surface area contributed by atoms with Gasteiger partial charge in [0.05, 0.1) is 12.5 Å². The van der Waals surface area contributed by atoms with Crippen molar-refractivity contribution in [3.63, 3.8) is 0 Å². The van der Waals surface area contributed by atoms with Gasteiger partial charge in [0.25, 0.3) is 0 Å². The lowest BCUT2D eigenvalue weighted by Gasteiger charge is -2.40. The normalized spacial score (nSPS) is 18.9. The number of nitrogens with one attached hydrogen (secondary N) is 3. The van der Waals surface area contributed by atoms with Crippen LogP contribution in [-0.2, 0) is 36.8 Å². The third-order valence-corrected chi connectivity index (χ3v) is 10.3. The van der Waals surface area contributed by atoms with E-state index in [9.17, 15) is 29.1 Å². The molecule has 2 aromatic rings. The maximum Gasteiger partial charge on any atom is 0.304 e. The van der Waals surface area contributed by atoms with E-state index in [0.717, 1.165) is 43.4 Å². The zero-order valence-corrected chi connectivity index (χ0v) is 31.3. The first-order valence-corrected chi connectivity index (χ1v) is 19.2. The molecule has 4 rings (SSSR count). The molecule has 53 heavy (non-hydrogen) atoms. The second-order valence-corrected chi connectivity index (χ2v) is 14.9. The van der Waals surface area contributed by atoms with Crippen LogP contribution in [0.4, 0.5) is 0 Å². The van der Waals surface area contributed by atoms with Gasteiger partial charge in [0.2, 0.25) is 23.6 Å². The molecule has 5 atom stereocenters. The largest absolute Gasteiger partial charge is 0.481 e. The van der Waals surface area contributed by atoms with Crippen molar-refractivity contribution >= 4 is 29.6 Å². The van der Waals surface area contributed by atoms with Gasteiger partial charge in [-0.3, -0.25) is 28.9 Å². The minimum Gasteiger partial charge on any atom is -0.481 e. The summed E-state index contributed by atoms with van der Waals surface area (Å²) < 4.78 is 0. The van der Waals surface area contributed by atoms with Crippen LogP contribution in [0, 0.1) is 5.92 Å². The summed E-state index contributed by atoms with van der Waals surface area (Å²) in [5.41, 5.74) is 13.8. The number of carbonyl (C=O) groups is 5. The molecule has 2 aliphatic rings. The number of piperidine rings is 1. The van der Waals surface area contributed by atoms with Crippen LogP contribution >= 0.6 is 0 Å². The summed E-state index contributed by atoms with van der Waals surface area (Å²) in [6.45, 7) is 6.12. The molecule has 0 aliphatic carbocycles. The van der Waals surface area contributed by atoms with Gasteiger partial charge in [-0.1, -0.05) is 74.5 Å². The van der Waals surface area contributed by atoms with Gasteiger partial charge in [-0.25, -0.2) is 0 Å². The Kier molecular flexibility index (Phi) is 16.2. The summed E-state index contributed by atoms with van der Waals surface area (Å²) in [5.74, 6) is -2.43. The molecule has 13 nitrogen and oxygen atoms in total. The predicted molar refractivity (Wildman–Crippen MR) is 203 cm³/mol. The van der Waals surface area contributed by atoms with Gasteiger partial charge < -0.3 is 37.4 Å². The monoisotopic (exact) mass is 733 g/mol. The molecule has 13 heteroatoms. The molecule has 0 radical (unpaired) electrons. The first-order chi connectivity index (χ1) is 25.4. The Morgan fingerprint density at radius 2 is 1.34 bits per heavy atom. The fraction of sp³-hybridized carbons (Fsp3) is 0.575. The zero-order chi connectivity index (χ0) is 38.3. The number of nitrogens with two attached hydrogens (primary N) is 2. The molecule has 2 fully saturated rings. The molecule has 0 aromatic heterocycles. The lowest BCUT2D eigenvalue weighted by Crippen LogP contribution is -2.59. The topological polar surface area (TPSA) is 200 Å². The third-order valence-electron chi connectivity index (χ3n) is 10.3. The molecule has 0 spiro atoms. The average Bonchev–Trinajstić information content (AvgIpc) is 3.60. The molecule has 2 aliphatic heterocycles. The van der Waals surface area contributed by atoms with Gasteiger partial charge in [0.1, 0.15) is 18.1 Å². The molecule has 0 unspecified atom stereocenters. The first-order valence-electron chi connectivity index (χ1n) is 19.2. The van der Waals surface area contributed by atoms with E-state index in [4.69, 9.17) is 11.5 Å². The highest BCUT2D eigenvalue weighted by Gasteiger charge is 2.37. The summed E-state index contributed by atoms with van der Waals surface area (Å²) in [6.07, 6.45) is 5.10. The molecule has 4 amide bonds. The van der Waals surface area contributed by atoms with Gasteiger partial charge in [-0.2, -0.15) is 0 Å². The third kappa shape index (κ3) is 12.9. The van der Waals surface area contributed by atoms with E-state index in [-0.39, 0.29) is 36.8 Å². The summed E-state index contributed by atoms with van der Waals surface area (Å²) in [5, 5.41) is 18.0. The van der Waals surface area contributed by atoms with E-state index in [0.29, 0.717) is 45.3 Å². The van der Waals surface area contributed by atoms with Crippen molar-refractivity contribution in [3.8, 4) is 0 Å². The zero-order valence-electron chi connectivity index (χ0n) is 31.3. The highest BCUT2D eigenvalue weighted by Crippen LogP contribution is 2.28. The highest BCUT2D eigenvalue weighted by molar-refractivity contribution is 5.95. The summed E-state index contributed by atoms with van der Waals surface area (Å²) in [7, 11) is 0. The van der Waals surface area contributed by atoms with Crippen molar-refractivity contribution in [1.82, 2.24) is 25.8 Å². The molecule has 2 aromatic carbocycles. The Morgan fingerprint density at radius 3 is 1.92 bits per heavy atom. The van der Waals surface area contributed by atoms with Crippen LogP contribution in [0.1, 0.15) is 76.3 Å². The van der Waals surface area contributed by atoms with Crippen molar-refractivity contribution in [2.75, 3.05) is 26.2 Å². The molecule has 0 bridgehead atoms. The fourth-order valence-corrected chi connectivity index (χ4v) is 7.52. The Hall–Kier alpha value is -4.33. The van der Waals surface area contributed by atoms with Gasteiger partial charge in [-0.05, 0) is 81.5 Å². The van der Waals surface area contributed by atoms with E-state index in [2.05, 4.69) is 20.9 Å². The summed E-state index contributed by atoms with van der Waals surface area (Å²) in [4.78, 5) is 70.6. The van der Waals surface area contributed by atoms with Crippen molar-refractivity contribution in [1.29, 1.82) is 0 Å². The summed E-state index contributed by atoms with van der Waals surface area (Å²) >= 11 is 0. The number of amides is 4. The van der Waals surface area contributed by atoms with Crippen LogP contribution in [0.3, 0.4) is 0 Å². The van der Waals surface area contributed by atoms with Crippen LogP contribution in [0.15, 0.2) is 60.7 Å². The van der Waals surface area contributed by atoms with E-state index in [1.54, 1.807) is 4.90 Å². The van der Waals surface area contributed by atoms with E-state index in [1.165, 1.54) is 0 Å². The Bertz CT molecular complexity index is 1480. The highest BCUT2D eigenvalue weighted by atomic mass is 16.4. The number of carbonyl (C=O) groups excluding carboxylic acids is 4. The lowest BCUT2D eigenvalue weighted by atomic mass is 9.98. The van der Waals surface area contributed by atoms with E-state index >= 15 is 0 Å². The van der Waals surface area contributed by atoms with Crippen molar-refractivity contribution in [2.24, 2.45) is 17.4 Å². The van der Waals surface area contributed by atoms with Crippen molar-refractivity contribution in [3.05, 3.63) is 71.8 Å². The second kappa shape index (κ2) is 20.8. The summed E-state index contributed by atoms with van der Waals surface area (Å²) in [6, 6.07) is 15.3. The number of hydrogen-bond donors (Lipinski definition) is 6. The van der Waals surface area contributed by atoms with Gasteiger partial charge in [0.15, 0.2) is 0 Å². The Labute approximate surface area is 313 Å². The van der Waals surface area contributed by atoms with Crippen LogP contribution in [0.5, 0.6) is 0 Å². The number of nitrogens with zero attached hydrogens (tertiary/aromatic N) is 2. The maximum absolute atomic E-state index is 13.9. The number of aliphatic carboxylic acids is 1. The van der Waals surface area contributed by atoms with Crippen LogP contribution in [0.25, 0.3) is 0 Å². The number of likely N-dealkylation sites (tertiary alicyclic amines) is 2. The van der Waals surface area contributed by atoms with Crippen LogP contribution in [0.2, 0.25) is 0 Å². The molecule has 8 N–H and O–H groups in total. The Balaban J connectivity index is 1.43. The van der Waals surface area contributed by atoms with Crippen LogP contribution in [-0.4, -0.2) is 107 Å². The first kappa shape index (κ1) is 41.4. The van der Waals surface area contributed by atoms with Crippen molar-refractivity contribution < 1.29 is 29.1 Å². The molecule has 290 valence electrons. The lowest BCUT2D eigenvalue weighted by molar-refractivity contribution is -0.139. The van der Waals surface area contributed by atoms with Crippen LogP contribution < -0.4 is 27.4 Å². The molecular weight excluding hydrogens is 674 g/mol. The molecule has 2 saturated heterocycles. The predicted octanol–water partition coefficient (Wildman–Crippen LogP) is 1.97. The minimum absolute atomic E-state index is 0.0241. The molecule has 2 heterocycles. The number of hydrogen-bond acceptors (Lipinski definition) is 8. The Morgan fingerprint density at radius 1 is 0.774 bits per heavy atom. The van der Waals surface area contributed by atoms with E-state index in [1.807, 2.05) is 74.5 Å². The standard InChI is InChI=1S/C40H59N7O6/c1-27(2)23-34(45-39(52)35(25-29-13-7-4-8-14-29)44-37(50)32(42)24-28-11-5-3-6-12-28)38(51)43-33(16-9-19-41)40(53)46-21-17-30(18-22-46)47-20-10-15-31(47)26-36(48)49/h3-8,11-14,27,30-35H,9-10,15-26,41-42H2,1-2H3,(H,43,51)(H,44,50)(H,45,52)(H,48,49)/t31-,32+,33+,34+,35+/m0/s1. The SMILES string of the molecule is CC(C)C[C@@H](NC(=O)[C@@H](Cc1ccccc1)NC(=O)[C@H](N)Cc1ccccc1)C(=O)N[C@H](CCCN)C(=O)N1CCC(N2CCC[C@H]2CC(=O)O)CC1. The molecule has 0 saturated carbocycles. The quantitative estimate of drug-likeness (QED) is 0.125. The number of carboxylic acids is 1. The second-order valence-electron chi connectivity index (χ2n) is 14.9. The number of rotatable bonds is 19. The minimum atomic E-state index is -1.00. The van der Waals surface area contributed by atoms with Crippen molar-refractivity contribution in [2.45, 2.75) is 114 Å². The van der Waals surface area contributed by atoms with Gasteiger partial charge in [0, 0.05) is 31.6 Å². The average molecular weight is 734 g/mol. The number of benzene rings is 2.